The van der Waals surface area contributed by atoms with Gasteiger partial charge in [0.15, 0.2) is 5.78 Å². The zero-order valence-electron chi connectivity index (χ0n) is 13.4. The second-order valence-electron chi connectivity index (χ2n) is 8.59. The average Bonchev–Trinajstić information content (AvgIpc) is 2.34. The summed E-state index contributed by atoms with van der Waals surface area (Å²) in [5.74, 6) is 1.07. The first-order valence-electron chi connectivity index (χ1n) is 8.08. The number of hydrogen-bond acceptors (Lipinski definition) is 3. The summed E-state index contributed by atoms with van der Waals surface area (Å²) >= 11 is 0. The molecular formula is C18H26O3. The van der Waals surface area contributed by atoms with Crippen LogP contribution in [0.15, 0.2) is 12.7 Å². The Balaban J connectivity index is 1.92. The molecule has 0 aromatic heterocycles. The largest absolute Gasteiger partial charge is 0.460 e. The van der Waals surface area contributed by atoms with E-state index in [0.29, 0.717) is 18.3 Å². The number of carbonyl (C=O) groups is 2. The highest BCUT2D eigenvalue weighted by Gasteiger charge is 2.63. The van der Waals surface area contributed by atoms with E-state index in [1.165, 1.54) is 12.5 Å². The van der Waals surface area contributed by atoms with Crippen LogP contribution in [0.3, 0.4) is 0 Å². The van der Waals surface area contributed by atoms with Crippen LogP contribution in [0.25, 0.3) is 0 Å². The molecule has 0 aromatic carbocycles. The molecule has 2 atom stereocenters. The van der Waals surface area contributed by atoms with Gasteiger partial charge in [-0.1, -0.05) is 6.58 Å². The number of allylic oxidation sites excluding steroid dienone is 1. The minimum atomic E-state index is -0.462. The van der Waals surface area contributed by atoms with Crippen LogP contribution in [-0.4, -0.2) is 17.4 Å². The first kappa shape index (κ1) is 14.8. The third-order valence-corrected chi connectivity index (χ3v) is 5.60. The van der Waals surface area contributed by atoms with Crippen molar-refractivity contribution in [3.05, 3.63) is 12.7 Å². The lowest BCUT2D eigenvalue weighted by Gasteiger charge is -2.60. The van der Waals surface area contributed by atoms with Gasteiger partial charge < -0.3 is 4.74 Å². The summed E-state index contributed by atoms with van der Waals surface area (Å²) < 4.78 is 5.70. The highest BCUT2D eigenvalue weighted by Crippen LogP contribution is 2.66. The third kappa shape index (κ3) is 2.35. The van der Waals surface area contributed by atoms with Crippen molar-refractivity contribution in [2.24, 2.45) is 22.7 Å². The van der Waals surface area contributed by atoms with Gasteiger partial charge in [-0.05, 0) is 77.2 Å². The van der Waals surface area contributed by atoms with Crippen LogP contribution in [0.5, 0.6) is 0 Å². The number of carbonyl (C=O) groups excluding carboxylic acids is 2. The van der Waals surface area contributed by atoms with Crippen molar-refractivity contribution in [3.63, 3.8) is 0 Å². The van der Waals surface area contributed by atoms with E-state index in [0.717, 1.165) is 25.7 Å². The summed E-state index contributed by atoms with van der Waals surface area (Å²) in [6.45, 7) is 9.42. The Kier molecular flexibility index (Phi) is 3.13. The molecule has 4 fully saturated rings. The van der Waals surface area contributed by atoms with E-state index in [4.69, 9.17) is 4.74 Å². The fourth-order valence-corrected chi connectivity index (χ4v) is 5.39. The Bertz CT molecular complexity index is 483. The lowest BCUT2D eigenvalue weighted by Crippen LogP contribution is -2.58. The number of ketones is 1. The second kappa shape index (κ2) is 4.44. The van der Waals surface area contributed by atoms with E-state index in [-0.39, 0.29) is 17.2 Å². The fourth-order valence-electron chi connectivity index (χ4n) is 5.39. The SMILES string of the molecule is C=CC(=O)C12CC3CC(C1)CC(C(=O)OC(C)(C)C)(C3)C2. The summed E-state index contributed by atoms with van der Waals surface area (Å²) in [5.41, 5.74) is -1.21. The van der Waals surface area contributed by atoms with Gasteiger partial charge in [0.25, 0.3) is 0 Å². The van der Waals surface area contributed by atoms with Crippen LogP contribution >= 0.6 is 0 Å². The van der Waals surface area contributed by atoms with Crippen LogP contribution in [0.2, 0.25) is 0 Å². The smallest absolute Gasteiger partial charge is 0.312 e. The maximum absolute atomic E-state index is 12.8. The van der Waals surface area contributed by atoms with Gasteiger partial charge >= 0.3 is 5.97 Å². The van der Waals surface area contributed by atoms with E-state index in [1.807, 2.05) is 20.8 Å². The zero-order chi connectivity index (χ0) is 15.5. The van der Waals surface area contributed by atoms with Crippen LogP contribution in [0.4, 0.5) is 0 Å². The fraction of sp³-hybridized carbons (Fsp3) is 0.778. The van der Waals surface area contributed by atoms with Crippen LogP contribution in [0, 0.1) is 22.7 Å². The molecular weight excluding hydrogens is 264 g/mol. The van der Waals surface area contributed by atoms with Gasteiger partial charge in [0, 0.05) is 5.41 Å². The van der Waals surface area contributed by atoms with Gasteiger partial charge in [0.05, 0.1) is 5.41 Å². The zero-order valence-corrected chi connectivity index (χ0v) is 13.4. The summed E-state index contributed by atoms with van der Waals surface area (Å²) in [7, 11) is 0. The molecule has 0 spiro atoms. The maximum atomic E-state index is 12.8. The molecule has 0 radical (unpaired) electrons. The molecule has 0 aromatic rings. The standard InChI is InChI=1S/C18H26O3/c1-5-14(19)17-7-12-6-13(8-17)10-18(9-12,11-17)15(20)21-16(2,3)4/h5,12-13H,1,6-11H2,2-4H3. The van der Waals surface area contributed by atoms with Crippen molar-refractivity contribution in [1.82, 2.24) is 0 Å². The Morgan fingerprint density at radius 1 is 1.10 bits per heavy atom. The van der Waals surface area contributed by atoms with E-state index >= 15 is 0 Å². The molecule has 4 aliphatic carbocycles. The van der Waals surface area contributed by atoms with Crippen molar-refractivity contribution in [2.75, 3.05) is 0 Å². The minimum Gasteiger partial charge on any atom is -0.460 e. The Morgan fingerprint density at radius 3 is 2.10 bits per heavy atom. The van der Waals surface area contributed by atoms with Crippen molar-refractivity contribution < 1.29 is 14.3 Å². The Morgan fingerprint density at radius 2 is 1.62 bits per heavy atom. The molecule has 4 bridgehead atoms. The molecule has 0 aliphatic heterocycles. The van der Waals surface area contributed by atoms with E-state index < -0.39 is 11.0 Å². The van der Waals surface area contributed by atoms with E-state index in [9.17, 15) is 9.59 Å². The topological polar surface area (TPSA) is 43.4 Å². The van der Waals surface area contributed by atoms with Gasteiger partial charge in [-0.15, -0.1) is 0 Å². The molecule has 0 saturated heterocycles. The monoisotopic (exact) mass is 290 g/mol. The highest BCUT2D eigenvalue weighted by atomic mass is 16.6. The lowest BCUT2D eigenvalue weighted by molar-refractivity contribution is -0.191. The predicted octanol–water partition coefficient (Wildman–Crippen LogP) is 3.67. The number of esters is 1. The first-order valence-corrected chi connectivity index (χ1v) is 8.08. The number of hydrogen-bond donors (Lipinski definition) is 0. The normalized spacial score (nSPS) is 40.9. The Hall–Kier alpha value is -1.12. The second-order valence-corrected chi connectivity index (χ2v) is 8.59. The summed E-state index contributed by atoms with van der Waals surface area (Å²) in [6, 6.07) is 0. The molecule has 4 rings (SSSR count). The molecule has 21 heavy (non-hydrogen) atoms. The van der Waals surface area contributed by atoms with Gasteiger partial charge in [-0.2, -0.15) is 0 Å². The van der Waals surface area contributed by atoms with Gasteiger partial charge in [0.2, 0.25) is 0 Å². The summed E-state index contributed by atoms with van der Waals surface area (Å²) in [4.78, 5) is 25.3. The predicted molar refractivity (Wildman–Crippen MR) is 80.6 cm³/mol. The van der Waals surface area contributed by atoms with E-state index in [1.54, 1.807) is 0 Å². The molecule has 0 amide bonds. The quantitative estimate of drug-likeness (QED) is 0.588. The first-order chi connectivity index (χ1) is 9.68. The van der Waals surface area contributed by atoms with Crippen molar-refractivity contribution >= 4 is 11.8 Å². The molecule has 4 saturated carbocycles. The maximum Gasteiger partial charge on any atom is 0.312 e. The molecule has 3 heteroatoms. The number of rotatable bonds is 3. The third-order valence-electron chi connectivity index (χ3n) is 5.60. The number of ether oxygens (including phenoxy) is 1. The summed E-state index contributed by atoms with van der Waals surface area (Å²) in [6.07, 6.45) is 7.02. The molecule has 0 heterocycles. The Labute approximate surface area is 127 Å². The lowest BCUT2D eigenvalue weighted by atomic mass is 9.43. The average molecular weight is 290 g/mol. The van der Waals surface area contributed by atoms with Crippen LogP contribution in [-0.2, 0) is 14.3 Å². The van der Waals surface area contributed by atoms with Gasteiger partial charge in [-0.25, -0.2) is 0 Å². The summed E-state index contributed by atoms with van der Waals surface area (Å²) in [5, 5.41) is 0. The van der Waals surface area contributed by atoms with Crippen molar-refractivity contribution in [2.45, 2.75) is 64.9 Å². The molecule has 4 aliphatic rings. The van der Waals surface area contributed by atoms with Crippen molar-refractivity contribution in [3.8, 4) is 0 Å². The molecule has 2 unspecified atom stereocenters. The van der Waals surface area contributed by atoms with Crippen LogP contribution in [0.1, 0.15) is 59.3 Å². The highest BCUT2D eigenvalue weighted by molar-refractivity contribution is 5.95. The van der Waals surface area contributed by atoms with E-state index in [2.05, 4.69) is 6.58 Å². The van der Waals surface area contributed by atoms with Crippen molar-refractivity contribution in [1.29, 1.82) is 0 Å². The molecule has 116 valence electrons. The van der Waals surface area contributed by atoms with Gasteiger partial charge in [-0.3, -0.25) is 9.59 Å². The van der Waals surface area contributed by atoms with Crippen LogP contribution < -0.4 is 0 Å². The molecule has 3 nitrogen and oxygen atoms in total. The minimum absolute atomic E-state index is 0.0784. The molecule has 0 N–H and O–H groups in total. The van der Waals surface area contributed by atoms with Gasteiger partial charge in [0.1, 0.15) is 5.60 Å².